The van der Waals surface area contributed by atoms with Gasteiger partial charge in [-0.25, -0.2) is 22.9 Å². The molecule has 5 rings (SSSR count). The fraction of sp³-hybridized carbons (Fsp3) is 0.238. The Morgan fingerprint density at radius 3 is 2.45 bits per heavy atom. The summed E-state index contributed by atoms with van der Waals surface area (Å²) in [7, 11) is -4.04. The van der Waals surface area contributed by atoms with Crippen LogP contribution in [0.15, 0.2) is 47.4 Å². The molecule has 1 saturated heterocycles. The Morgan fingerprint density at radius 1 is 1.16 bits per heavy atom. The van der Waals surface area contributed by atoms with Crippen LogP contribution in [0.25, 0.3) is 21.7 Å². The fourth-order valence-corrected chi connectivity index (χ4v) is 5.69. The molecule has 2 aliphatic rings. The third kappa shape index (κ3) is 3.87. The lowest BCUT2D eigenvalue weighted by molar-refractivity contribution is 0.0775. The molecule has 1 aromatic heterocycles. The van der Waals surface area contributed by atoms with Gasteiger partial charge in [-0.3, -0.25) is 4.79 Å². The summed E-state index contributed by atoms with van der Waals surface area (Å²) in [6.45, 7) is 1.46. The van der Waals surface area contributed by atoms with Gasteiger partial charge in [0, 0.05) is 29.2 Å². The molecule has 0 bridgehead atoms. The van der Waals surface area contributed by atoms with E-state index in [0.29, 0.717) is 33.0 Å². The zero-order valence-electron chi connectivity index (χ0n) is 16.1. The van der Waals surface area contributed by atoms with Gasteiger partial charge in [-0.1, -0.05) is 23.7 Å². The molecule has 6 nitrogen and oxygen atoms in total. The van der Waals surface area contributed by atoms with Crippen molar-refractivity contribution >= 4 is 38.9 Å². The van der Waals surface area contributed by atoms with Crippen LogP contribution < -0.4 is 5.14 Å². The molecule has 2 aromatic carbocycles. The molecule has 160 valence electrons. The summed E-state index contributed by atoms with van der Waals surface area (Å²) in [4.78, 5) is 19.5. The molecule has 2 N–H and O–H groups in total. The zero-order chi connectivity index (χ0) is 21.9. The van der Waals surface area contributed by atoms with E-state index in [1.165, 1.54) is 18.6 Å². The first-order chi connectivity index (χ1) is 14.7. The van der Waals surface area contributed by atoms with Crippen molar-refractivity contribution in [3.63, 3.8) is 0 Å². The van der Waals surface area contributed by atoms with Gasteiger partial charge in [0.1, 0.15) is 5.82 Å². The number of carbonyl (C=O) groups is 1. The highest BCUT2D eigenvalue weighted by molar-refractivity contribution is 7.89. The molecule has 2 unspecified atom stereocenters. The number of hydrogen-bond donors (Lipinski definition) is 1. The maximum atomic E-state index is 14.9. The highest BCUT2D eigenvalue weighted by Crippen LogP contribution is 2.46. The van der Waals surface area contributed by atoms with Gasteiger partial charge in [-0.2, -0.15) is 0 Å². The maximum absolute atomic E-state index is 14.9. The molecule has 31 heavy (non-hydrogen) atoms. The number of nitrogens with two attached hydrogens (primary N) is 1. The van der Waals surface area contributed by atoms with Crippen molar-refractivity contribution in [3.8, 4) is 21.7 Å². The maximum Gasteiger partial charge on any atom is 0.282 e. The number of aromatic nitrogens is 1. The summed E-state index contributed by atoms with van der Waals surface area (Å²) in [5.74, 6) is 0.247. The standard InChI is InChI=1S/C21H17ClFN3O3S2/c22-14-3-1-11(2-4-14)18-19(16-6-5-15(8-17(16)23)31(24,28)29)30-20(25-18)21(27)26-9-12-7-13(12)10-26/h1-6,8,12-13H,7,9-10H2,(H2,24,28,29). The summed E-state index contributed by atoms with van der Waals surface area (Å²) in [6.07, 6.45) is 1.17. The highest BCUT2D eigenvalue weighted by Gasteiger charge is 2.47. The van der Waals surface area contributed by atoms with Crippen LogP contribution in [0.1, 0.15) is 16.2 Å². The molecule has 2 heterocycles. The number of halogens is 2. The number of carbonyl (C=O) groups excluding carboxylic acids is 1. The van der Waals surface area contributed by atoms with Gasteiger partial charge in [0.2, 0.25) is 10.0 Å². The zero-order valence-corrected chi connectivity index (χ0v) is 18.5. The van der Waals surface area contributed by atoms with Crippen LogP contribution in [0.4, 0.5) is 4.39 Å². The van der Waals surface area contributed by atoms with Crippen LogP contribution in [0.3, 0.4) is 0 Å². The molecule has 0 radical (unpaired) electrons. The first kappa shape index (κ1) is 20.6. The van der Waals surface area contributed by atoms with E-state index in [9.17, 15) is 17.6 Å². The molecule has 0 spiro atoms. The molecule has 1 amide bonds. The summed E-state index contributed by atoms with van der Waals surface area (Å²) in [5, 5.41) is 5.92. The first-order valence-electron chi connectivity index (χ1n) is 9.59. The van der Waals surface area contributed by atoms with E-state index >= 15 is 0 Å². The Balaban J connectivity index is 1.60. The van der Waals surface area contributed by atoms with Gasteiger partial charge in [0.05, 0.1) is 15.5 Å². The number of piperidine rings is 1. The van der Waals surface area contributed by atoms with Gasteiger partial charge in [-0.05, 0) is 48.6 Å². The van der Waals surface area contributed by atoms with Crippen molar-refractivity contribution in [1.29, 1.82) is 0 Å². The normalized spacial score (nSPS) is 20.0. The van der Waals surface area contributed by atoms with Crippen LogP contribution >= 0.6 is 22.9 Å². The number of thiazole rings is 1. The Labute approximate surface area is 187 Å². The number of fused-ring (bicyclic) bond motifs is 1. The Morgan fingerprint density at radius 2 is 1.84 bits per heavy atom. The first-order valence-corrected chi connectivity index (χ1v) is 12.3. The van der Waals surface area contributed by atoms with Crippen molar-refractivity contribution in [3.05, 3.63) is 58.3 Å². The molecule has 2 atom stereocenters. The SMILES string of the molecule is NS(=O)(=O)c1ccc(-c2sc(C(=O)N3CC4CC4C3)nc2-c2ccc(Cl)cc2)c(F)c1. The van der Waals surface area contributed by atoms with Crippen molar-refractivity contribution in [2.24, 2.45) is 17.0 Å². The minimum Gasteiger partial charge on any atom is -0.336 e. The lowest BCUT2D eigenvalue weighted by Gasteiger charge is -2.15. The average molecular weight is 478 g/mol. The van der Waals surface area contributed by atoms with Crippen molar-refractivity contribution in [1.82, 2.24) is 9.88 Å². The van der Waals surface area contributed by atoms with Crippen LogP contribution in [0.5, 0.6) is 0 Å². The van der Waals surface area contributed by atoms with Crippen LogP contribution in [-0.4, -0.2) is 37.3 Å². The van der Waals surface area contributed by atoms with Crippen LogP contribution in [0.2, 0.25) is 5.02 Å². The number of likely N-dealkylation sites (tertiary alicyclic amines) is 1. The third-order valence-corrected chi connectivity index (χ3v) is 7.95. The summed E-state index contributed by atoms with van der Waals surface area (Å²) in [6, 6.07) is 10.3. The summed E-state index contributed by atoms with van der Waals surface area (Å²) < 4.78 is 38.1. The lowest BCUT2D eigenvalue weighted by Crippen LogP contribution is -2.30. The Kier molecular flexibility index (Phi) is 4.89. The Hall–Kier alpha value is -2.33. The second-order valence-electron chi connectivity index (χ2n) is 7.86. The molecule has 3 aromatic rings. The van der Waals surface area contributed by atoms with Crippen LogP contribution in [-0.2, 0) is 10.0 Å². The molecular weight excluding hydrogens is 461 g/mol. The number of benzene rings is 2. The monoisotopic (exact) mass is 477 g/mol. The fourth-order valence-electron chi connectivity index (χ4n) is 3.95. The van der Waals surface area contributed by atoms with Gasteiger partial charge >= 0.3 is 0 Å². The van der Waals surface area contributed by atoms with Gasteiger partial charge < -0.3 is 4.90 Å². The smallest absolute Gasteiger partial charge is 0.282 e. The quantitative estimate of drug-likeness (QED) is 0.614. The molecule has 2 fully saturated rings. The molecular formula is C21H17ClFN3O3S2. The van der Waals surface area contributed by atoms with Gasteiger partial charge in [0.25, 0.3) is 5.91 Å². The molecule has 1 saturated carbocycles. The van der Waals surface area contributed by atoms with E-state index in [4.69, 9.17) is 16.7 Å². The third-order valence-electron chi connectivity index (χ3n) is 5.71. The van der Waals surface area contributed by atoms with Gasteiger partial charge in [0.15, 0.2) is 5.01 Å². The lowest BCUT2D eigenvalue weighted by atomic mass is 10.1. The number of sulfonamides is 1. The number of amides is 1. The van der Waals surface area contributed by atoms with E-state index in [0.717, 1.165) is 30.5 Å². The van der Waals surface area contributed by atoms with Crippen molar-refractivity contribution in [2.75, 3.05) is 13.1 Å². The van der Waals surface area contributed by atoms with E-state index < -0.39 is 15.8 Å². The van der Waals surface area contributed by atoms with Crippen molar-refractivity contribution < 1.29 is 17.6 Å². The second kappa shape index (κ2) is 7.37. The largest absolute Gasteiger partial charge is 0.336 e. The minimum absolute atomic E-state index is 0.151. The van der Waals surface area contributed by atoms with E-state index in [1.807, 2.05) is 0 Å². The Bertz CT molecular complexity index is 1300. The number of hydrogen-bond acceptors (Lipinski definition) is 5. The van der Waals surface area contributed by atoms with Crippen LogP contribution in [0, 0.1) is 17.7 Å². The van der Waals surface area contributed by atoms with Gasteiger partial charge in [-0.15, -0.1) is 11.3 Å². The van der Waals surface area contributed by atoms with E-state index in [-0.39, 0.29) is 21.4 Å². The highest BCUT2D eigenvalue weighted by atomic mass is 35.5. The number of nitrogens with zero attached hydrogens (tertiary/aromatic N) is 2. The topological polar surface area (TPSA) is 93.4 Å². The predicted octanol–water partition coefficient (Wildman–Crippen LogP) is 4.01. The van der Waals surface area contributed by atoms with E-state index in [1.54, 1.807) is 29.2 Å². The number of rotatable bonds is 4. The van der Waals surface area contributed by atoms with Crippen molar-refractivity contribution in [2.45, 2.75) is 11.3 Å². The minimum atomic E-state index is -4.04. The molecule has 1 aliphatic carbocycles. The molecule has 1 aliphatic heterocycles. The predicted molar refractivity (Wildman–Crippen MR) is 117 cm³/mol. The average Bonchev–Trinajstić information content (AvgIpc) is 3.12. The molecule has 10 heteroatoms. The second-order valence-corrected chi connectivity index (χ2v) is 10.9. The number of primary sulfonamides is 1. The summed E-state index contributed by atoms with van der Waals surface area (Å²) >= 11 is 7.09. The summed E-state index contributed by atoms with van der Waals surface area (Å²) in [5.41, 5.74) is 1.27. The van der Waals surface area contributed by atoms with E-state index in [2.05, 4.69) is 4.98 Å².